The summed E-state index contributed by atoms with van der Waals surface area (Å²) in [7, 11) is -1.49. The number of carbonyl (C=O) groups is 2. The Labute approximate surface area is 224 Å². The molecule has 0 spiro atoms. The number of furan rings is 1. The largest absolute Gasteiger partial charge is 0.487 e. The number of halogens is 6. The third-order valence-electron chi connectivity index (χ3n) is 7.83. The zero-order chi connectivity index (χ0) is 29.3. The number of rotatable bonds is 4. The number of alkyl halides is 6. The average molecular weight is 571 g/mol. The van der Waals surface area contributed by atoms with Gasteiger partial charge in [0.25, 0.3) is 0 Å². The van der Waals surface area contributed by atoms with Crippen LogP contribution in [0.2, 0.25) is 0 Å². The predicted octanol–water partition coefficient (Wildman–Crippen LogP) is 5.07. The summed E-state index contributed by atoms with van der Waals surface area (Å²) in [4.78, 5) is 27.7. The lowest BCUT2D eigenvalue weighted by molar-refractivity contribution is -0.143. The first-order valence-electron chi connectivity index (χ1n) is 12.5. The van der Waals surface area contributed by atoms with E-state index < -0.39 is 78.6 Å². The number of allylic oxidation sites excluding steroid dienone is 2. The summed E-state index contributed by atoms with van der Waals surface area (Å²) < 4.78 is 92.4. The number of benzene rings is 1. The molecule has 7 nitrogen and oxygen atoms in total. The minimum Gasteiger partial charge on any atom is -0.461 e. The molecule has 3 aliphatic rings. The number of aliphatic hydroxyl groups is 1. The fraction of sp³-hybridized carbons (Fsp3) is 0.462. The number of carbonyl (C=O) groups excluding carboxylic acids is 2. The van der Waals surface area contributed by atoms with Crippen LogP contribution < -0.4 is 4.90 Å². The molecule has 214 valence electrons. The van der Waals surface area contributed by atoms with Crippen LogP contribution in [-0.4, -0.2) is 29.1 Å². The van der Waals surface area contributed by atoms with Gasteiger partial charge >= 0.3 is 19.5 Å². The lowest BCUT2D eigenvalue weighted by Gasteiger charge is -2.42. The molecule has 40 heavy (non-hydrogen) atoms. The Morgan fingerprint density at radius 1 is 1.00 bits per heavy atom. The van der Waals surface area contributed by atoms with Gasteiger partial charge in [0.05, 0.1) is 28.7 Å². The van der Waals surface area contributed by atoms with Crippen LogP contribution in [-0.2, 0) is 33.2 Å². The van der Waals surface area contributed by atoms with Gasteiger partial charge < -0.3 is 19.2 Å². The van der Waals surface area contributed by atoms with Crippen LogP contribution in [0.1, 0.15) is 55.4 Å². The van der Waals surface area contributed by atoms with E-state index in [9.17, 15) is 46.1 Å². The van der Waals surface area contributed by atoms with E-state index in [0.717, 1.165) is 0 Å². The van der Waals surface area contributed by atoms with Crippen molar-refractivity contribution in [2.45, 2.75) is 51.8 Å². The van der Waals surface area contributed by atoms with Crippen molar-refractivity contribution >= 4 is 24.6 Å². The van der Waals surface area contributed by atoms with E-state index in [0.29, 0.717) is 28.1 Å². The number of fused-ring (bicyclic) bond motifs is 3. The smallest absolute Gasteiger partial charge is 0.461 e. The summed E-state index contributed by atoms with van der Waals surface area (Å²) in [6.45, 7) is 3.21. The SMILES string of the molecule is CC(C)C1=C2B(O)O[C@H](c3ccc(CO)o3)C[C@H]2[C@H]2C(=O)N(c3cc(C(F)(F)F)cc(C(F)(F)F)c3)C(=O)[C@H]2C1. The summed E-state index contributed by atoms with van der Waals surface area (Å²) in [5, 5.41) is 20.3. The van der Waals surface area contributed by atoms with Crippen LogP contribution in [0.25, 0.3) is 0 Å². The summed E-state index contributed by atoms with van der Waals surface area (Å²) >= 11 is 0. The molecule has 2 N–H and O–H groups in total. The normalized spacial score (nSPS) is 25.7. The van der Waals surface area contributed by atoms with Crippen molar-refractivity contribution in [1.29, 1.82) is 0 Å². The van der Waals surface area contributed by atoms with Gasteiger partial charge in [-0.25, -0.2) is 4.90 Å². The highest BCUT2D eigenvalue weighted by Gasteiger charge is 2.59. The van der Waals surface area contributed by atoms with Crippen molar-refractivity contribution in [2.24, 2.45) is 23.7 Å². The molecule has 2 aromatic rings. The lowest BCUT2D eigenvalue weighted by Crippen LogP contribution is -2.45. The number of anilines is 1. The second-order valence-corrected chi connectivity index (χ2v) is 10.5. The van der Waals surface area contributed by atoms with Gasteiger partial charge in [0.15, 0.2) is 0 Å². The quantitative estimate of drug-likeness (QED) is 0.302. The van der Waals surface area contributed by atoms with Crippen LogP contribution in [0.3, 0.4) is 0 Å². The molecule has 0 bridgehead atoms. The first kappa shape index (κ1) is 28.4. The van der Waals surface area contributed by atoms with Gasteiger partial charge in [0.2, 0.25) is 11.8 Å². The van der Waals surface area contributed by atoms with Gasteiger partial charge in [-0.05, 0) is 60.5 Å². The van der Waals surface area contributed by atoms with Crippen molar-refractivity contribution < 1.29 is 55.1 Å². The number of hydrogen-bond acceptors (Lipinski definition) is 6. The van der Waals surface area contributed by atoms with E-state index in [1.165, 1.54) is 12.1 Å². The molecule has 2 amide bonds. The molecule has 2 saturated heterocycles. The predicted molar refractivity (Wildman–Crippen MR) is 127 cm³/mol. The molecule has 2 aliphatic heterocycles. The molecule has 0 unspecified atom stereocenters. The fourth-order valence-electron chi connectivity index (χ4n) is 6.06. The highest BCUT2D eigenvalue weighted by Crippen LogP contribution is 2.53. The molecule has 1 aromatic carbocycles. The molecular formula is C26H24BF6NO6. The van der Waals surface area contributed by atoms with Gasteiger partial charge in [-0.1, -0.05) is 19.4 Å². The summed E-state index contributed by atoms with van der Waals surface area (Å²) in [6, 6.07) is 3.68. The minimum absolute atomic E-state index is 0.0131. The second kappa shape index (κ2) is 9.77. The van der Waals surface area contributed by atoms with Crippen LogP contribution in [0.4, 0.5) is 32.0 Å². The lowest BCUT2D eigenvalue weighted by atomic mass is 9.54. The molecule has 1 aromatic heterocycles. The second-order valence-electron chi connectivity index (χ2n) is 10.5. The molecule has 3 heterocycles. The Morgan fingerprint density at radius 3 is 2.15 bits per heavy atom. The van der Waals surface area contributed by atoms with Gasteiger partial charge in [0.1, 0.15) is 24.2 Å². The van der Waals surface area contributed by atoms with E-state index >= 15 is 0 Å². The van der Waals surface area contributed by atoms with E-state index in [1.807, 2.05) is 0 Å². The summed E-state index contributed by atoms with van der Waals surface area (Å²) in [5.41, 5.74) is -3.09. The van der Waals surface area contributed by atoms with Crippen molar-refractivity contribution in [3.05, 3.63) is 64.0 Å². The maximum Gasteiger partial charge on any atom is 0.487 e. The topological polar surface area (TPSA) is 100 Å². The number of hydrogen-bond donors (Lipinski definition) is 2. The molecular weight excluding hydrogens is 547 g/mol. The Bertz CT molecular complexity index is 1350. The Balaban J connectivity index is 1.58. The van der Waals surface area contributed by atoms with E-state index in [-0.39, 0.29) is 36.3 Å². The standard InChI is InChI=1S/C26H24BF6NO6/c1-11(2)16-8-18-21(17-9-20(40-27(38)22(16)17)19-4-3-15(10-35)39-19)24(37)34(23(18)36)14-6-12(25(28,29)30)5-13(7-14)26(31,32)33/h3-7,11,17-18,20-21,35,38H,8-10H2,1-2H3/t17-,18-,20-,21+/m0/s1. The first-order chi connectivity index (χ1) is 18.6. The molecule has 14 heteroatoms. The van der Waals surface area contributed by atoms with Gasteiger partial charge in [0, 0.05) is 0 Å². The highest BCUT2D eigenvalue weighted by molar-refractivity contribution is 6.53. The summed E-state index contributed by atoms with van der Waals surface area (Å²) in [5.74, 6) is -4.60. The van der Waals surface area contributed by atoms with Crippen LogP contribution in [0, 0.1) is 23.7 Å². The highest BCUT2D eigenvalue weighted by atomic mass is 19.4. The third kappa shape index (κ3) is 4.75. The van der Waals surface area contributed by atoms with Crippen LogP contribution in [0.15, 0.2) is 45.8 Å². The number of aliphatic hydroxyl groups excluding tert-OH is 1. The fourth-order valence-corrected chi connectivity index (χ4v) is 6.06. The van der Waals surface area contributed by atoms with Gasteiger partial charge in [-0.15, -0.1) is 0 Å². The molecule has 2 fully saturated rings. The van der Waals surface area contributed by atoms with E-state index in [2.05, 4.69) is 0 Å². The Kier molecular flexibility index (Phi) is 6.95. The zero-order valence-electron chi connectivity index (χ0n) is 21.2. The number of nitrogens with zero attached hydrogens (tertiary/aromatic N) is 1. The molecule has 4 atom stereocenters. The Hall–Kier alpha value is -3.10. The zero-order valence-corrected chi connectivity index (χ0v) is 21.2. The van der Waals surface area contributed by atoms with Crippen LogP contribution in [0.5, 0.6) is 0 Å². The molecule has 0 radical (unpaired) electrons. The summed E-state index contributed by atoms with van der Waals surface area (Å²) in [6.07, 6.45) is -11.2. The minimum atomic E-state index is -5.16. The maximum atomic E-state index is 13.7. The molecule has 5 rings (SSSR count). The average Bonchev–Trinajstić information content (AvgIpc) is 3.44. The Morgan fingerprint density at radius 2 is 1.62 bits per heavy atom. The monoisotopic (exact) mass is 571 g/mol. The molecule has 0 saturated carbocycles. The number of imide groups is 1. The van der Waals surface area contributed by atoms with Crippen molar-refractivity contribution in [3.8, 4) is 0 Å². The van der Waals surface area contributed by atoms with Crippen molar-refractivity contribution in [2.75, 3.05) is 4.90 Å². The van der Waals surface area contributed by atoms with Crippen molar-refractivity contribution in [3.63, 3.8) is 0 Å². The van der Waals surface area contributed by atoms with E-state index in [1.54, 1.807) is 13.8 Å². The maximum absolute atomic E-state index is 13.7. The number of amides is 2. The third-order valence-corrected chi connectivity index (χ3v) is 7.83. The molecule has 1 aliphatic carbocycles. The van der Waals surface area contributed by atoms with Crippen LogP contribution >= 0.6 is 0 Å². The van der Waals surface area contributed by atoms with E-state index in [4.69, 9.17) is 9.07 Å². The van der Waals surface area contributed by atoms with Gasteiger partial charge in [-0.2, -0.15) is 26.3 Å². The first-order valence-corrected chi connectivity index (χ1v) is 12.5. The van der Waals surface area contributed by atoms with Crippen molar-refractivity contribution in [1.82, 2.24) is 0 Å². The van der Waals surface area contributed by atoms with Gasteiger partial charge in [-0.3, -0.25) is 9.59 Å².